The van der Waals surface area contributed by atoms with E-state index in [4.69, 9.17) is 9.47 Å². The summed E-state index contributed by atoms with van der Waals surface area (Å²) in [6.07, 6.45) is 1.34. The van der Waals surface area contributed by atoms with Gasteiger partial charge in [-0.15, -0.1) is 0 Å². The summed E-state index contributed by atoms with van der Waals surface area (Å²) in [5, 5.41) is 3.57. The summed E-state index contributed by atoms with van der Waals surface area (Å²) in [6, 6.07) is 16.9. The van der Waals surface area contributed by atoms with Gasteiger partial charge in [-0.2, -0.15) is 0 Å². The number of hydrogen-bond donors (Lipinski definition) is 1. The zero-order valence-electron chi connectivity index (χ0n) is 16.8. The van der Waals surface area contributed by atoms with Gasteiger partial charge in [0.2, 0.25) is 0 Å². The standard InChI is InChI=1S/C23H33NO2/c1-17(2)23(20-8-12-22(13-9-20)26-18(3)4)14-15-24-16-19-6-10-21(25-5)11-7-19/h6-13,17-18,23-24H,14-16H2,1-5H3/t23-/m0/s1. The molecule has 0 bridgehead atoms. The zero-order valence-corrected chi connectivity index (χ0v) is 16.8. The van der Waals surface area contributed by atoms with Crippen molar-refractivity contribution >= 4 is 0 Å². The van der Waals surface area contributed by atoms with Gasteiger partial charge in [-0.1, -0.05) is 38.1 Å². The zero-order chi connectivity index (χ0) is 18.9. The van der Waals surface area contributed by atoms with Crippen LogP contribution in [0.1, 0.15) is 51.2 Å². The number of ether oxygens (including phenoxy) is 2. The lowest BCUT2D eigenvalue weighted by Crippen LogP contribution is -2.19. The second kappa shape index (κ2) is 10.2. The fourth-order valence-corrected chi connectivity index (χ4v) is 3.18. The molecule has 0 unspecified atom stereocenters. The van der Waals surface area contributed by atoms with Crippen LogP contribution in [0, 0.1) is 5.92 Å². The molecule has 2 aromatic carbocycles. The van der Waals surface area contributed by atoms with Crippen molar-refractivity contribution < 1.29 is 9.47 Å². The summed E-state index contributed by atoms with van der Waals surface area (Å²) in [5.74, 6) is 3.00. The van der Waals surface area contributed by atoms with Gasteiger partial charge in [-0.05, 0) is 74.0 Å². The quantitative estimate of drug-likeness (QED) is 0.579. The highest BCUT2D eigenvalue weighted by atomic mass is 16.5. The van der Waals surface area contributed by atoms with E-state index in [-0.39, 0.29) is 6.10 Å². The molecule has 0 radical (unpaired) electrons. The molecule has 0 saturated carbocycles. The van der Waals surface area contributed by atoms with Crippen LogP contribution in [0.3, 0.4) is 0 Å². The van der Waals surface area contributed by atoms with E-state index in [1.807, 2.05) is 12.1 Å². The van der Waals surface area contributed by atoms with E-state index in [2.05, 4.69) is 69.4 Å². The second-order valence-corrected chi connectivity index (χ2v) is 7.40. The Balaban J connectivity index is 1.85. The SMILES string of the molecule is COc1ccc(CNCC[C@H](c2ccc(OC(C)C)cc2)C(C)C)cc1. The predicted molar refractivity (Wildman–Crippen MR) is 109 cm³/mol. The highest BCUT2D eigenvalue weighted by molar-refractivity contribution is 5.30. The van der Waals surface area contributed by atoms with Gasteiger partial charge < -0.3 is 14.8 Å². The topological polar surface area (TPSA) is 30.5 Å². The molecular weight excluding hydrogens is 322 g/mol. The van der Waals surface area contributed by atoms with Crippen LogP contribution >= 0.6 is 0 Å². The third-order valence-electron chi connectivity index (χ3n) is 4.61. The van der Waals surface area contributed by atoms with Crippen LogP contribution in [0.2, 0.25) is 0 Å². The Labute approximate surface area is 158 Å². The lowest BCUT2D eigenvalue weighted by atomic mass is 9.86. The second-order valence-electron chi connectivity index (χ2n) is 7.40. The molecule has 2 rings (SSSR count). The molecule has 0 aliphatic rings. The minimum absolute atomic E-state index is 0.212. The first-order valence-electron chi connectivity index (χ1n) is 9.60. The van der Waals surface area contributed by atoms with Crippen LogP contribution in [0.25, 0.3) is 0 Å². The summed E-state index contributed by atoms with van der Waals surface area (Å²) in [6.45, 7) is 10.6. The Hall–Kier alpha value is -2.00. The first kappa shape index (κ1) is 20.3. The maximum atomic E-state index is 5.75. The number of hydrogen-bond acceptors (Lipinski definition) is 3. The molecule has 3 nitrogen and oxygen atoms in total. The van der Waals surface area contributed by atoms with Crippen LogP contribution in [-0.2, 0) is 6.54 Å². The van der Waals surface area contributed by atoms with E-state index in [1.54, 1.807) is 7.11 Å². The summed E-state index contributed by atoms with van der Waals surface area (Å²) >= 11 is 0. The molecule has 0 spiro atoms. The van der Waals surface area contributed by atoms with E-state index in [0.29, 0.717) is 11.8 Å². The third kappa shape index (κ3) is 6.38. The molecule has 0 aliphatic heterocycles. The van der Waals surface area contributed by atoms with Crippen molar-refractivity contribution in [3.05, 3.63) is 59.7 Å². The van der Waals surface area contributed by atoms with Gasteiger partial charge in [0.15, 0.2) is 0 Å². The highest BCUT2D eigenvalue weighted by Crippen LogP contribution is 2.29. The van der Waals surface area contributed by atoms with Crippen molar-refractivity contribution in [3.63, 3.8) is 0 Å². The van der Waals surface area contributed by atoms with Crippen molar-refractivity contribution in [2.24, 2.45) is 5.92 Å². The average molecular weight is 356 g/mol. The van der Waals surface area contributed by atoms with Crippen LogP contribution < -0.4 is 14.8 Å². The number of nitrogens with one attached hydrogen (secondary N) is 1. The Morgan fingerprint density at radius 3 is 2.00 bits per heavy atom. The molecule has 1 N–H and O–H groups in total. The fraction of sp³-hybridized carbons (Fsp3) is 0.478. The minimum Gasteiger partial charge on any atom is -0.497 e. The van der Waals surface area contributed by atoms with Gasteiger partial charge in [0.25, 0.3) is 0 Å². The summed E-state index contributed by atoms with van der Waals surface area (Å²) < 4.78 is 11.0. The molecule has 0 amide bonds. The first-order chi connectivity index (χ1) is 12.5. The summed E-state index contributed by atoms with van der Waals surface area (Å²) in [7, 11) is 1.70. The third-order valence-corrected chi connectivity index (χ3v) is 4.61. The van der Waals surface area contributed by atoms with Gasteiger partial charge in [0.1, 0.15) is 11.5 Å². The Kier molecular flexibility index (Phi) is 7.99. The van der Waals surface area contributed by atoms with E-state index >= 15 is 0 Å². The Morgan fingerprint density at radius 1 is 0.846 bits per heavy atom. The normalized spacial score (nSPS) is 12.4. The van der Waals surface area contributed by atoms with E-state index in [0.717, 1.165) is 31.0 Å². The lowest BCUT2D eigenvalue weighted by molar-refractivity contribution is 0.242. The molecule has 1 atom stereocenters. The molecule has 0 saturated heterocycles. The van der Waals surface area contributed by atoms with Gasteiger partial charge >= 0.3 is 0 Å². The molecule has 0 aliphatic carbocycles. The molecule has 0 heterocycles. The molecule has 26 heavy (non-hydrogen) atoms. The van der Waals surface area contributed by atoms with Crippen LogP contribution in [-0.4, -0.2) is 19.8 Å². The van der Waals surface area contributed by atoms with Gasteiger partial charge in [-0.25, -0.2) is 0 Å². The van der Waals surface area contributed by atoms with Crippen LogP contribution in [0.4, 0.5) is 0 Å². The molecule has 0 aromatic heterocycles. The van der Waals surface area contributed by atoms with Crippen molar-refractivity contribution in [2.75, 3.05) is 13.7 Å². The predicted octanol–water partition coefficient (Wildman–Crippen LogP) is 5.40. The largest absolute Gasteiger partial charge is 0.497 e. The van der Waals surface area contributed by atoms with E-state index in [9.17, 15) is 0 Å². The molecule has 142 valence electrons. The van der Waals surface area contributed by atoms with Crippen LogP contribution in [0.15, 0.2) is 48.5 Å². The van der Waals surface area contributed by atoms with Crippen molar-refractivity contribution in [3.8, 4) is 11.5 Å². The number of rotatable bonds is 10. The van der Waals surface area contributed by atoms with E-state index in [1.165, 1.54) is 11.1 Å². The average Bonchev–Trinajstić information content (AvgIpc) is 2.62. The fourth-order valence-electron chi connectivity index (χ4n) is 3.18. The number of methoxy groups -OCH3 is 1. The van der Waals surface area contributed by atoms with Gasteiger partial charge in [0, 0.05) is 6.54 Å². The van der Waals surface area contributed by atoms with E-state index < -0.39 is 0 Å². The van der Waals surface area contributed by atoms with Crippen molar-refractivity contribution in [2.45, 2.75) is 52.7 Å². The van der Waals surface area contributed by atoms with Gasteiger partial charge in [-0.3, -0.25) is 0 Å². The molecule has 2 aromatic rings. The number of benzene rings is 2. The summed E-state index contributed by atoms with van der Waals surface area (Å²) in [4.78, 5) is 0. The Bertz CT molecular complexity index is 632. The highest BCUT2D eigenvalue weighted by Gasteiger charge is 2.15. The molecular formula is C23H33NO2. The first-order valence-corrected chi connectivity index (χ1v) is 9.60. The Morgan fingerprint density at radius 2 is 1.46 bits per heavy atom. The smallest absolute Gasteiger partial charge is 0.119 e. The maximum absolute atomic E-state index is 5.75. The van der Waals surface area contributed by atoms with Gasteiger partial charge in [0.05, 0.1) is 13.2 Å². The van der Waals surface area contributed by atoms with Crippen molar-refractivity contribution in [1.29, 1.82) is 0 Å². The summed E-state index contributed by atoms with van der Waals surface area (Å²) in [5.41, 5.74) is 2.67. The molecule has 3 heteroatoms. The lowest BCUT2D eigenvalue weighted by Gasteiger charge is -2.22. The maximum Gasteiger partial charge on any atom is 0.119 e. The minimum atomic E-state index is 0.212. The molecule has 0 fully saturated rings. The van der Waals surface area contributed by atoms with Crippen LogP contribution in [0.5, 0.6) is 11.5 Å². The van der Waals surface area contributed by atoms with Crippen molar-refractivity contribution in [1.82, 2.24) is 5.32 Å². The monoisotopic (exact) mass is 355 g/mol.